The maximum absolute atomic E-state index is 13.8. The number of carbonyl (C=O) groups is 1. The van der Waals surface area contributed by atoms with E-state index in [-0.39, 0.29) is 29.6 Å². The zero-order chi connectivity index (χ0) is 21.1. The Balaban J connectivity index is 1.66. The summed E-state index contributed by atoms with van der Waals surface area (Å²) >= 11 is 0. The third-order valence-electron chi connectivity index (χ3n) is 4.10. The number of carbonyl (C=O) groups excluding carboxylic acids is 1. The molecule has 0 aliphatic heterocycles. The number of aliphatic hydroxyl groups excluding tert-OH is 1. The van der Waals surface area contributed by atoms with Gasteiger partial charge in [0.25, 0.3) is 5.91 Å². The maximum atomic E-state index is 13.8. The third kappa shape index (κ3) is 4.47. The van der Waals surface area contributed by atoms with E-state index in [1.54, 1.807) is 19.2 Å². The molecule has 3 aromatic rings. The van der Waals surface area contributed by atoms with E-state index in [9.17, 15) is 18.7 Å². The quantitative estimate of drug-likeness (QED) is 0.656. The number of nitrogens with zero attached hydrogens (tertiary/aromatic N) is 4. The van der Waals surface area contributed by atoms with Crippen molar-refractivity contribution in [3.63, 3.8) is 0 Å². The first-order chi connectivity index (χ1) is 13.8. The number of amides is 1. The molecule has 2 heterocycles. The molecule has 2 atom stereocenters. The van der Waals surface area contributed by atoms with Crippen molar-refractivity contribution in [3.8, 4) is 17.3 Å². The molecule has 1 amide bonds. The Morgan fingerprint density at radius 3 is 2.62 bits per heavy atom. The SMILES string of the molecule is CC(O)c1cc(C(=O)N[C@H](C)Cn2ccc(-c3cc(F)c(C#N)c(F)c3)n2)no1. The average molecular weight is 401 g/mol. The predicted molar refractivity (Wildman–Crippen MR) is 96.4 cm³/mol. The van der Waals surface area contributed by atoms with E-state index in [1.165, 1.54) is 23.7 Å². The first-order valence-electron chi connectivity index (χ1n) is 8.67. The molecule has 0 aliphatic rings. The number of nitrogens with one attached hydrogen (secondary N) is 1. The van der Waals surface area contributed by atoms with Crippen molar-refractivity contribution in [2.45, 2.75) is 32.5 Å². The molecule has 10 heteroatoms. The van der Waals surface area contributed by atoms with Crippen LogP contribution in [0.15, 0.2) is 35.0 Å². The second-order valence-corrected chi connectivity index (χ2v) is 6.51. The van der Waals surface area contributed by atoms with E-state index >= 15 is 0 Å². The van der Waals surface area contributed by atoms with Crippen LogP contribution in [0.1, 0.15) is 41.8 Å². The number of hydrogen-bond acceptors (Lipinski definition) is 6. The summed E-state index contributed by atoms with van der Waals surface area (Å²) in [4.78, 5) is 12.2. The van der Waals surface area contributed by atoms with Gasteiger partial charge in [-0.2, -0.15) is 10.4 Å². The van der Waals surface area contributed by atoms with Crippen molar-refractivity contribution in [2.75, 3.05) is 0 Å². The minimum Gasteiger partial charge on any atom is -0.385 e. The molecule has 0 saturated carbocycles. The Hall–Kier alpha value is -3.58. The molecule has 0 bridgehead atoms. The maximum Gasteiger partial charge on any atom is 0.273 e. The summed E-state index contributed by atoms with van der Waals surface area (Å²) < 4.78 is 34.0. The van der Waals surface area contributed by atoms with Crippen LogP contribution in [0.5, 0.6) is 0 Å². The lowest BCUT2D eigenvalue weighted by molar-refractivity contribution is 0.0925. The Morgan fingerprint density at radius 2 is 2.03 bits per heavy atom. The summed E-state index contributed by atoms with van der Waals surface area (Å²) in [5.74, 6) is -2.21. The molecule has 2 N–H and O–H groups in total. The number of benzene rings is 1. The topological polar surface area (TPSA) is 117 Å². The van der Waals surface area contributed by atoms with Crippen LogP contribution in [-0.4, -0.2) is 32.0 Å². The molecule has 29 heavy (non-hydrogen) atoms. The lowest BCUT2D eigenvalue weighted by atomic mass is 10.1. The molecule has 1 aromatic carbocycles. The molecule has 0 saturated heterocycles. The summed E-state index contributed by atoms with van der Waals surface area (Å²) in [5, 5.41) is 28.7. The highest BCUT2D eigenvalue weighted by Crippen LogP contribution is 2.23. The van der Waals surface area contributed by atoms with Gasteiger partial charge >= 0.3 is 0 Å². The number of aliphatic hydroxyl groups is 1. The van der Waals surface area contributed by atoms with Crippen LogP contribution in [0.2, 0.25) is 0 Å². The molecule has 0 fully saturated rings. The average Bonchev–Trinajstić information content (AvgIpc) is 3.31. The Labute approximate surface area is 164 Å². The Bertz CT molecular complexity index is 1060. The largest absolute Gasteiger partial charge is 0.385 e. The van der Waals surface area contributed by atoms with Gasteiger partial charge in [-0.3, -0.25) is 9.48 Å². The molecule has 150 valence electrons. The monoisotopic (exact) mass is 401 g/mol. The van der Waals surface area contributed by atoms with Crippen molar-refractivity contribution >= 4 is 5.91 Å². The van der Waals surface area contributed by atoms with E-state index in [0.29, 0.717) is 5.69 Å². The van der Waals surface area contributed by atoms with E-state index in [4.69, 9.17) is 9.78 Å². The fourth-order valence-corrected chi connectivity index (χ4v) is 2.66. The van der Waals surface area contributed by atoms with E-state index in [0.717, 1.165) is 12.1 Å². The first kappa shape index (κ1) is 20.2. The number of nitriles is 1. The molecule has 2 aromatic heterocycles. The van der Waals surface area contributed by atoms with Crippen molar-refractivity contribution < 1.29 is 23.2 Å². The van der Waals surface area contributed by atoms with Crippen molar-refractivity contribution in [1.29, 1.82) is 5.26 Å². The van der Waals surface area contributed by atoms with E-state index in [1.807, 2.05) is 0 Å². The number of halogens is 2. The number of aromatic nitrogens is 3. The normalized spacial score (nSPS) is 13.0. The predicted octanol–water partition coefficient (Wildman–Crippen LogP) is 2.56. The van der Waals surface area contributed by atoms with Crippen LogP contribution in [0.25, 0.3) is 11.3 Å². The van der Waals surface area contributed by atoms with Crippen molar-refractivity contribution in [3.05, 3.63) is 59.1 Å². The molecule has 3 rings (SSSR count). The van der Waals surface area contributed by atoms with Gasteiger partial charge in [0.05, 0.1) is 12.2 Å². The summed E-state index contributed by atoms with van der Waals surface area (Å²) in [5.41, 5.74) is -0.0832. The van der Waals surface area contributed by atoms with Gasteiger partial charge in [0, 0.05) is 23.9 Å². The second-order valence-electron chi connectivity index (χ2n) is 6.51. The molecular formula is C19H17F2N5O3. The number of hydrogen-bond donors (Lipinski definition) is 2. The van der Waals surface area contributed by atoms with Gasteiger partial charge in [0.1, 0.15) is 29.4 Å². The van der Waals surface area contributed by atoms with Crippen molar-refractivity contribution in [1.82, 2.24) is 20.3 Å². The lowest BCUT2D eigenvalue weighted by Gasteiger charge is -2.12. The molecule has 0 radical (unpaired) electrons. The summed E-state index contributed by atoms with van der Waals surface area (Å²) in [6.45, 7) is 3.52. The van der Waals surface area contributed by atoms with Gasteiger partial charge in [-0.1, -0.05) is 5.16 Å². The van der Waals surface area contributed by atoms with Crippen molar-refractivity contribution in [2.24, 2.45) is 0 Å². The molecule has 0 aliphatic carbocycles. The highest BCUT2D eigenvalue weighted by Gasteiger charge is 2.18. The highest BCUT2D eigenvalue weighted by atomic mass is 19.1. The third-order valence-corrected chi connectivity index (χ3v) is 4.10. The van der Waals surface area contributed by atoms with E-state index < -0.39 is 29.2 Å². The van der Waals surface area contributed by atoms with Crippen LogP contribution in [-0.2, 0) is 6.54 Å². The Morgan fingerprint density at radius 1 is 1.34 bits per heavy atom. The van der Waals surface area contributed by atoms with Gasteiger partial charge in [0.15, 0.2) is 11.5 Å². The fourth-order valence-electron chi connectivity index (χ4n) is 2.66. The molecule has 0 spiro atoms. The minimum atomic E-state index is -0.957. The molecular weight excluding hydrogens is 384 g/mol. The van der Waals surface area contributed by atoms with Gasteiger partial charge in [0.2, 0.25) is 0 Å². The smallest absolute Gasteiger partial charge is 0.273 e. The van der Waals surface area contributed by atoms with Crippen LogP contribution in [0, 0.1) is 23.0 Å². The summed E-state index contributed by atoms with van der Waals surface area (Å²) in [6.07, 6.45) is 0.731. The van der Waals surface area contributed by atoms with E-state index in [2.05, 4.69) is 15.6 Å². The first-order valence-corrected chi connectivity index (χ1v) is 8.67. The van der Waals surface area contributed by atoms with Crippen LogP contribution in [0.3, 0.4) is 0 Å². The molecule has 8 nitrogen and oxygen atoms in total. The fraction of sp³-hybridized carbons (Fsp3) is 0.263. The summed E-state index contributed by atoms with van der Waals surface area (Å²) in [6, 6.07) is 6.14. The summed E-state index contributed by atoms with van der Waals surface area (Å²) in [7, 11) is 0. The molecule has 1 unspecified atom stereocenters. The minimum absolute atomic E-state index is 0.0393. The second kappa shape index (κ2) is 8.20. The Kier molecular flexibility index (Phi) is 5.70. The van der Waals surface area contributed by atoms with Crippen LogP contribution < -0.4 is 5.32 Å². The van der Waals surface area contributed by atoms with Gasteiger partial charge in [-0.05, 0) is 32.0 Å². The number of rotatable bonds is 6. The zero-order valence-electron chi connectivity index (χ0n) is 15.6. The van der Waals surface area contributed by atoms with Gasteiger partial charge in [-0.25, -0.2) is 8.78 Å². The van der Waals surface area contributed by atoms with Crippen LogP contribution in [0.4, 0.5) is 8.78 Å². The van der Waals surface area contributed by atoms with Crippen LogP contribution >= 0.6 is 0 Å². The lowest BCUT2D eigenvalue weighted by Crippen LogP contribution is -2.36. The zero-order valence-corrected chi connectivity index (χ0v) is 15.6. The standard InChI is InChI=1S/C19H17F2N5O3/c1-10(23-19(28)17-7-18(11(2)27)29-25-17)9-26-4-3-16(24-26)12-5-14(20)13(8-22)15(21)6-12/h3-7,10-11,27H,9H2,1-2H3,(H,23,28)/t10-,11?/m1/s1. The van der Waals surface area contributed by atoms with Gasteiger partial charge < -0.3 is 14.9 Å². The highest BCUT2D eigenvalue weighted by molar-refractivity contribution is 5.92. The van der Waals surface area contributed by atoms with Gasteiger partial charge in [-0.15, -0.1) is 0 Å².